The van der Waals surface area contributed by atoms with E-state index in [1.807, 2.05) is 0 Å². The van der Waals surface area contributed by atoms with E-state index in [4.69, 9.17) is 0 Å². The van der Waals surface area contributed by atoms with Gasteiger partial charge in [0.1, 0.15) is 0 Å². The summed E-state index contributed by atoms with van der Waals surface area (Å²) in [6.07, 6.45) is 13.9. The molecule has 0 aromatic rings. The zero-order valence-corrected chi connectivity index (χ0v) is 9.31. The summed E-state index contributed by atoms with van der Waals surface area (Å²) in [5, 5.41) is 0. The van der Waals surface area contributed by atoms with Crippen molar-refractivity contribution in [3.8, 4) is 0 Å². The van der Waals surface area contributed by atoms with Gasteiger partial charge in [-0.3, -0.25) is 0 Å². The lowest BCUT2D eigenvalue weighted by atomic mass is 10.00. The van der Waals surface area contributed by atoms with Gasteiger partial charge in [0, 0.05) is 0 Å². The average Bonchev–Trinajstić information content (AvgIpc) is 2.11. The van der Waals surface area contributed by atoms with Crippen molar-refractivity contribution in [1.82, 2.24) is 0 Å². The second-order valence-corrected chi connectivity index (χ2v) is 4.65. The van der Waals surface area contributed by atoms with Gasteiger partial charge in [0.15, 0.2) is 0 Å². The smallest absolute Gasteiger partial charge is 0.0259 e. The van der Waals surface area contributed by atoms with Crippen LogP contribution in [0.5, 0.6) is 0 Å². The van der Waals surface area contributed by atoms with E-state index in [1.54, 1.807) is 5.57 Å². The van der Waals surface area contributed by atoms with Crippen LogP contribution in [-0.4, -0.2) is 0 Å². The van der Waals surface area contributed by atoms with Crippen LogP contribution in [0.25, 0.3) is 0 Å². The third-order valence-electron chi connectivity index (χ3n) is 3.05. The Labute approximate surface area is 83.4 Å². The molecule has 1 aliphatic carbocycles. The Balaban J connectivity index is 2.38. The molecule has 0 saturated heterocycles. The summed E-state index contributed by atoms with van der Waals surface area (Å²) in [7, 11) is 0. The molecule has 1 unspecified atom stereocenters. The van der Waals surface area contributed by atoms with Crippen LogP contribution in [0.15, 0.2) is 11.6 Å². The van der Waals surface area contributed by atoms with E-state index >= 15 is 0 Å². The summed E-state index contributed by atoms with van der Waals surface area (Å²) in [5.74, 6) is 0.818. The van der Waals surface area contributed by atoms with Crippen LogP contribution < -0.4 is 0 Å². The van der Waals surface area contributed by atoms with Gasteiger partial charge in [0.2, 0.25) is 0 Å². The standard InChI is InChI=1S/C13H24/c1-12-9-7-5-3-4-6-8-10-13(2)11-12/h11-12H,3-10H2,1-2H3. The van der Waals surface area contributed by atoms with Gasteiger partial charge >= 0.3 is 0 Å². The Bertz CT molecular complexity index is 155. The van der Waals surface area contributed by atoms with Crippen LogP contribution in [0.4, 0.5) is 0 Å². The molecule has 76 valence electrons. The van der Waals surface area contributed by atoms with Crippen molar-refractivity contribution < 1.29 is 0 Å². The van der Waals surface area contributed by atoms with Crippen LogP contribution in [0.3, 0.4) is 0 Å². The van der Waals surface area contributed by atoms with Gasteiger partial charge in [0.05, 0.1) is 0 Å². The van der Waals surface area contributed by atoms with Crippen molar-refractivity contribution in [2.75, 3.05) is 0 Å². The molecule has 0 saturated carbocycles. The quantitative estimate of drug-likeness (QED) is 0.474. The summed E-state index contributed by atoms with van der Waals surface area (Å²) in [4.78, 5) is 0. The Hall–Kier alpha value is -0.260. The van der Waals surface area contributed by atoms with Crippen molar-refractivity contribution >= 4 is 0 Å². The molecule has 1 aliphatic rings. The molecule has 13 heavy (non-hydrogen) atoms. The molecule has 0 heterocycles. The lowest BCUT2D eigenvalue weighted by Gasteiger charge is -2.06. The Kier molecular flexibility index (Phi) is 5.19. The van der Waals surface area contributed by atoms with Gasteiger partial charge in [-0.25, -0.2) is 0 Å². The van der Waals surface area contributed by atoms with Crippen molar-refractivity contribution in [3.63, 3.8) is 0 Å². The molecular formula is C13H24. The minimum Gasteiger partial charge on any atom is -0.0828 e. The number of rotatable bonds is 0. The van der Waals surface area contributed by atoms with E-state index in [0.717, 1.165) is 5.92 Å². The van der Waals surface area contributed by atoms with Crippen molar-refractivity contribution in [1.29, 1.82) is 0 Å². The summed E-state index contributed by atoms with van der Waals surface area (Å²) in [6.45, 7) is 4.66. The molecule has 0 aromatic heterocycles. The van der Waals surface area contributed by atoms with Crippen molar-refractivity contribution in [2.24, 2.45) is 5.92 Å². The predicted octanol–water partition coefficient (Wildman–Crippen LogP) is 4.70. The molecule has 1 atom stereocenters. The lowest BCUT2D eigenvalue weighted by molar-refractivity contribution is 0.546. The summed E-state index contributed by atoms with van der Waals surface area (Å²) in [6, 6.07) is 0. The predicted molar refractivity (Wildman–Crippen MR) is 59.9 cm³/mol. The van der Waals surface area contributed by atoms with Gasteiger partial charge in [-0.15, -0.1) is 0 Å². The molecular weight excluding hydrogens is 156 g/mol. The van der Waals surface area contributed by atoms with E-state index in [-0.39, 0.29) is 0 Å². The third kappa shape index (κ3) is 5.13. The fourth-order valence-electron chi connectivity index (χ4n) is 2.23. The average molecular weight is 180 g/mol. The summed E-state index contributed by atoms with van der Waals surface area (Å²) < 4.78 is 0. The maximum Gasteiger partial charge on any atom is -0.0259 e. The van der Waals surface area contributed by atoms with Crippen molar-refractivity contribution in [3.05, 3.63) is 11.6 Å². The first kappa shape index (κ1) is 10.8. The van der Waals surface area contributed by atoms with Crippen LogP contribution in [0.2, 0.25) is 0 Å². The van der Waals surface area contributed by atoms with E-state index in [9.17, 15) is 0 Å². The number of hydrogen-bond donors (Lipinski definition) is 0. The molecule has 0 heteroatoms. The molecule has 1 rings (SSSR count). The number of hydrogen-bond acceptors (Lipinski definition) is 0. The van der Waals surface area contributed by atoms with E-state index in [2.05, 4.69) is 19.9 Å². The van der Waals surface area contributed by atoms with Gasteiger partial charge in [-0.05, 0) is 32.1 Å². The third-order valence-corrected chi connectivity index (χ3v) is 3.05. The highest BCUT2D eigenvalue weighted by atomic mass is 14.1. The number of allylic oxidation sites excluding steroid dienone is 2. The second kappa shape index (κ2) is 6.23. The molecule has 0 amide bonds. The van der Waals surface area contributed by atoms with Gasteiger partial charge in [0.25, 0.3) is 0 Å². The lowest BCUT2D eigenvalue weighted by Crippen LogP contribution is -1.91. The fourth-order valence-corrected chi connectivity index (χ4v) is 2.23. The zero-order chi connectivity index (χ0) is 9.52. The molecule has 0 aromatic carbocycles. The highest BCUT2D eigenvalue weighted by Gasteiger charge is 2.01. The minimum absolute atomic E-state index is 0.818. The van der Waals surface area contributed by atoms with Gasteiger partial charge in [-0.2, -0.15) is 0 Å². The molecule has 0 spiro atoms. The summed E-state index contributed by atoms with van der Waals surface area (Å²) in [5.41, 5.74) is 1.62. The van der Waals surface area contributed by atoms with E-state index < -0.39 is 0 Å². The maximum absolute atomic E-state index is 2.49. The first-order valence-corrected chi connectivity index (χ1v) is 5.96. The highest BCUT2D eigenvalue weighted by molar-refractivity contribution is 5.00. The minimum atomic E-state index is 0.818. The van der Waals surface area contributed by atoms with Crippen LogP contribution in [0.1, 0.15) is 65.2 Å². The maximum atomic E-state index is 2.49. The molecule has 0 aliphatic heterocycles. The largest absolute Gasteiger partial charge is 0.0828 e. The molecule has 0 fully saturated rings. The summed E-state index contributed by atoms with van der Waals surface area (Å²) >= 11 is 0. The molecule has 0 bridgehead atoms. The second-order valence-electron chi connectivity index (χ2n) is 4.65. The van der Waals surface area contributed by atoms with Crippen LogP contribution >= 0.6 is 0 Å². The Morgan fingerprint density at radius 1 is 1.00 bits per heavy atom. The van der Waals surface area contributed by atoms with Gasteiger partial charge < -0.3 is 0 Å². The van der Waals surface area contributed by atoms with Gasteiger partial charge in [-0.1, -0.05) is 50.7 Å². The van der Waals surface area contributed by atoms with Crippen LogP contribution in [0, 0.1) is 5.92 Å². The zero-order valence-electron chi connectivity index (χ0n) is 9.31. The fraction of sp³-hybridized carbons (Fsp3) is 0.846. The SMILES string of the molecule is CC1=CC(C)CCCCCCCC1. The van der Waals surface area contributed by atoms with Crippen molar-refractivity contribution in [2.45, 2.75) is 65.2 Å². The first-order chi connectivity index (χ1) is 6.29. The monoisotopic (exact) mass is 180 g/mol. The van der Waals surface area contributed by atoms with Crippen LogP contribution in [-0.2, 0) is 0 Å². The topological polar surface area (TPSA) is 0 Å². The van der Waals surface area contributed by atoms with E-state index in [0.29, 0.717) is 0 Å². The van der Waals surface area contributed by atoms with E-state index in [1.165, 1.54) is 51.4 Å². The molecule has 0 radical (unpaired) electrons. The Morgan fingerprint density at radius 3 is 2.38 bits per heavy atom. The normalized spacial score (nSPS) is 27.5. The Morgan fingerprint density at radius 2 is 1.62 bits per heavy atom. The first-order valence-electron chi connectivity index (χ1n) is 5.96. The highest BCUT2D eigenvalue weighted by Crippen LogP contribution is 2.19. The molecule has 0 N–H and O–H groups in total. The molecule has 0 nitrogen and oxygen atoms in total.